The Balaban J connectivity index is 1.54. The van der Waals surface area contributed by atoms with Crippen LogP contribution in [0.2, 0.25) is 0 Å². The van der Waals surface area contributed by atoms with Gasteiger partial charge in [-0.2, -0.15) is 0 Å². The number of furan rings is 1. The standard InChI is InChI=1S/C18H23N3O3/c1-13-3-4-15(24-13)5-6-16(22)21-10-7-14(8-11-21)17(23)18-19-9-12-20(18)2/h3-6,9,12,14,17,23H,7-8,10-11H2,1-2H3/b6-5+. The van der Waals surface area contributed by atoms with Gasteiger partial charge in [-0.15, -0.1) is 0 Å². The van der Waals surface area contributed by atoms with Crippen LogP contribution in [0.3, 0.4) is 0 Å². The third-order valence-corrected chi connectivity index (χ3v) is 4.57. The maximum atomic E-state index is 12.3. The Labute approximate surface area is 141 Å². The number of hydrogen-bond acceptors (Lipinski definition) is 4. The Morgan fingerprint density at radius 2 is 2.17 bits per heavy atom. The van der Waals surface area contributed by atoms with Crippen LogP contribution in [0, 0.1) is 12.8 Å². The van der Waals surface area contributed by atoms with E-state index in [1.54, 1.807) is 18.3 Å². The molecule has 2 aromatic heterocycles. The molecule has 2 aromatic rings. The molecule has 128 valence electrons. The summed E-state index contributed by atoms with van der Waals surface area (Å²) in [6.07, 6.45) is 7.74. The van der Waals surface area contributed by atoms with Gasteiger partial charge in [-0.05, 0) is 43.9 Å². The number of piperidine rings is 1. The van der Waals surface area contributed by atoms with Crippen molar-refractivity contribution in [1.82, 2.24) is 14.5 Å². The van der Waals surface area contributed by atoms with Crippen LogP contribution >= 0.6 is 0 Å². The van der Waals surface area contributed by atoms with Crippen LogP contribution in [-0.4, -0.2) is 38.6 Å². The van der Waals surface area contributed by atoms with Gasteiger partial charge in [0.05, 0.1) is 0 Å². The highest BCUT2D eigenvalue weighted by atomic mass is 16.3. The number of imidazole rings is 1. The van der Waals surface area contributed by atoms with E-state index in [9.17, 15) is 9.90 Å². The topological polar surface area (TPSA) is 71.5 Å². The molecule has 1 aliphatic heterocycles. The second-order valence-electron chi connectivity index (χ2n) is 6.29. The molecule has 6 nitrogen and oxygen atoms in total. The first-order valence-corrected chi connectivity index (χ1v) is 8.23. The minimum absolute atomic E-state index is 0.0195. The highest BCUT2D eigenvalue weighted by molar-refractivity contribution is 5.91. The lowest BCUT2D eigenvalue weighted by atomic mass is 9.90. The minimum Gasteiger partial charge on any atom is -0.462 e. The van der Waals surface area contributed by atoms with Crippen molar-refractivity contribution in [2.24, 2.45) is 13.0 Å². The molecule has 1 unspecified atom stereocenters. The molecule has 6 heteroatoms. The summed E-state index contributed by atoms with van der Waals surface area (Å²) in [6.45, 7) is 3.16. The summed E-state index contributed by atoms with van der Waals surface area (Å²) in [5.41, 5.74) is 0. The molecule has 1 saturated heterocycles. The predicted molar refractivity (Wildman–Crippen MR) is 90.0 cm³/mol. The molecule has 0 radical (unpaired) electrons. The highest BCUT2D eigenvalue weighted by Crippen LogP contribution is 2.29. The van der Waals surface area contributed by atoms with Crippen molar-refractivity contribution in [3.8, 4) is 0 Å². The lowest BCUT2D eigenvalue weighted by Gasteiger charge is -2.33. The lowest BCUT2D eigenvalue weighted by molar-refractivity contribution is -0.128. The first-order chi connectivity index (χ1) is 11.5. The fourth-order valence-corrected chi connectivity index (χ4v) is 3.11. The van der Waals surface area contributed by atoms with E-state index in [-0.39, 0.29) is 11.8 Å². The molecule has 1 N–H and O–H groups in total. The molecule has 0 saturated carbocycles. The minimum atomic E-state index is -0.580. The third kappa shape index (κ3) is 3.59. The molecule has 1 fully saturated rings. The maximum Gasteiger partial charge on any atom is 0.246 e. The van der Waals surface area contributed by atoms with E-state index in [2.05, 4.69) is 4.98 Å². The van der Waals surface area contributed by atoms with E-state index >= 15 is 0 Å². The number of rotatable bonds is 4. The number of aliphatic hydroxyl groups is 1. The van der Waals surface area contributed by atoms with Gasteiger partial charge in [-0.25, -0.2) is 4.98 Å². The first-order valence-electron chi connectivity index (χ1n) is 8.23. The smallest absolute Gasteiger partial charge is 0.246 e. The number of hydrogen-bond donors (Lipinski definition) is 1. The van der Waals surface area contributed by atoms with Crippen molar-refractivity contribution in [2.75, 3.05) is 13.1 Å². The Morgan fingerprint density at radius 1 is 1.42 bits per heavy atom. The van der Waals surface area contributed by atoms with E-state index in [4.69, 9.17) is 4.42 Å². The molecular formula is C18H23N3O3. The Morgan fingerprint density at radius 3 is 2.75 bits per heavy atom. The van der Waals surface area contributed by atoms with Crippen molar-refractivity contribution in [3.63, 3.8) is 0 Å². The number of aryl methyl sites for hydroxylation is 2. The molecule has 1 amide bonds. The van der Waals surface area contributed by atoms with Crippen LogP contribution in [0.25, 0.3) is 6.08 Å². The van der Waals surface area contributed by atoms with Gasteiger partial charge in [0, 0.05) is 38.6 Å². The second-order valence-corrected chi connectivity index (χ2v) is 6.29. The molecule has 1 atom stereocenters. The second kappa shape index (κ2) is 7.05. The molecule has 24 heavy (non-hydrogen) atoms. The Bertz CT molecular complexity index is 723. The fraction of sp³-hybridized carbons (Fsp3) is 0.444. The van der Waals surface area contributed by atoms with Crippen LogP contribution in [0.1, 0.15) is 36.3 Å². The normalized spacial score (nSPS) is 17.5. The number of likely N-dealkylation sites (tertiary alicyclic amines) is 1. The number of nitrogens with zero attached hydrogens (tertiary/aromatic N) is 3. The average molecular weight is 329 g/mol. The zero-order valence-electron chi connectivity index (χ0n) is 14.1. The van der Waals surface area contributed by atoms with Gasteiger partial charge in [0.1, 0.15) is 23.4 Å². The van der Waals surface area contributed by atoms with Crippen molar-refractivity contribution < 1.29 is 14.3 Å². The SMILES string of the molecule is Cc1ccc(/C=C/C(=O)N2CCC(C(O)c3nccn3C)CC2)o1. The van der Waals surface area contributed by atoms with Crippen molar-refractivity contribution in [3.05, 3.63) is 47.9 Å². The zero-order valence-corrected chi connectivity index (χ0v) is 14.1. The van der Waals surface area contributed by atoms with Crippen molar-refractivity contribution >= 4 is 12.0 Å². The quantitative estimate of drug-likeness (QED) is 0.874. The lowest BCUT2D eigenvalue weighted by Crippen LogP contribution is -2.39. The van der Waals surface area contributed by atoms with Crippen molar-refractivity contribution in [1.29, 1.82) is 0 Å². The summed E-state index contributed by atoms with van der Waals surface area (Å²) in [5, 5.41) is 10.5. The fourth-order valence-electron chi connectivity index (χ4n) is 3.11. The monoisotopic (exact) mass is 329 g/mol. The Kier molecular flexibility index (Phi) is 4.85. The number of aliphatic hydroxyl groups excluding tert-OH is 1. The number of amides is 1. The maximum absolute atomic E-state index is 12.3. The molecule has 0 aliphatic carbocycles. The summed E-state index contributed by atoms with van der Waals surface area (Å²) in [4.78, 5) is 18.3. The summed E-state index contributed by atoms with van der Waals surface area (Å²) in [7, 11) is 1.88. The number of carbonyl (C=O) groups excluding carboxylic acids is 1. The van der Waals surface area contributed by atoms with E-state index in [1.165, 1.54) is 0 Å². The Hall–Kier alpha value is -2.34. The molecular weight excluding hydrogens is 306 g/mol. The summed E-state index contributed by atoms with van der Waals surface area (Å²) >= 11 is 0. The van der Waals surface area contributed by atoms with E-state index < -0.39 is 6.10 Å². The van der Waals surface area contributed by atoms with Gasteiger partial charge >= 0.3 is 0 Å². The van der Waals surface area contributed by atoms with Gasteiger partial charge in [-0.1, -0.05) is 0 Å². The molecule has 3 heterocycles. The van der Waals surface area contributed by atoms with E-state index in [1.807, 2.05) is 41.8 Å². The third-order valence-electron chi connectivity index (χ3n) is 4.57. The average Bonchev–Trinajstić information content (AvgIpc) is 3.20. The molecule has 0 bridgehead atoms. The summed E-state index contributed by atoms with van der Waals surface area (Å²) < 4.78 is 7.27. The van der Waals surface area contributed by atoms with Crippen LogP contribution < -0.4 is 0 Å². The molecule has 3 rings (SSSR count). The van der Waals surface area contributed by atoms with Crippen LogP contribution in [0.15, 0.2) is 35.0 Å². The summed E-state index contributed by atoms with van der Waals surface area (Å²) in [6, 6.07) is 3.71. The van der Waals surface area contributed by atoms with Crippen LogP contribution in [0.4, 0.5) is 0 Å². The van der Waals surface area contributed by atoms with Crippen LogP contribution in [0.5, 0.6) is 0 Å². The largest absolute Gasteiger partial charge is 0.462 e. The summed E-state index contributed by atoms with van der Waals surface area (Å²) in [5.74, 6) is 2.31. The number of carbonyl (C=O) groups is 1. The van der Waals surface area contributed by atoms with Crippen LogP contribution in [-0.2, 0) is 11.8 Å². The molecule has 0 aromatic carbocycles. The zero-order chi connectivity index (χ0) is 17.1. The van der Waals surface area contributed by atoms with E-state index in [0.29, 0.717) is 24.7 Å². The highest BCUT2D eigenvalue weighted by Gasteiger charge is 2.29. The van der Waals surface area contributed by atoms with Gasteiger partial charge < -0.3 is 19.0 Å². The van der Waals surface area contributed by atoms with Gasteiger partial charge in [0.2, 0.25) is 5.91 Å². The first kappa shape index (κ1) is 16.5. The predicted octanol–water partition coefficient (Wildman–Crippen LogP) is 2.31. The van der Waals surface area contributed by atoms with Gasteiger partial charge in [0.25, 0.3) is 0 Å². The van der Waals surface area contributed by atoms with E-state index in [0.717, 1.165) is 18.6 Å². The number of aromatic nitrogens is 2. The molecule has 0 spiro atoms. The molecule has 1 aliphatic rings. The van der Waals surface area contributed by atoms with Crippen molar-refractivity contribution in [2.45, 2.75) is 25.9 Å². The van der Waals surface area contributed by atoms with Gasteiger partial charge in [0.15, 0.2) is 0 Å². The van der Waals surface area contributed by atoms with Gasteiger partial charge in [-0.3, -0.25) is 4.79 Å².